The predicted molar refractivity (Wildman–Crippen MR) is 70.6 cm³/mol. The molecule has 0 amide bonds. The van der Waals surface area contributed by atoms with Gasteiger partial charge in [0.15, 0.2) is 0 Å². The van der Waals surface area contributed by atoms with E-state index in [2.05, 4.69) is 45.9 Å². The Morgan fingerprint density at radius 3 is 1.87 bits per heavy atom. The van der Waals surface area contributed by atoms with Crippen LogP contribution in [-0.2, 0) is 12.8 Å². The summed E-state index contributed by atoms with van der Waals surface area (Å²) in [5.74, 6) is 0.649. The Bertz CT molecular complexity index is 271. The Hall–Kier alpha value is -0.780. The van der Waals surface area contributed by atoms with Crippen LogP contribution in [-0.4, -0.2) is 0 Å². The highest BCUT2D eigenvalue weighted by atomic mass is 14.1. The summed E-state index contributed by atoms with van der Waals surface area (Å²) in [6.07, 6.45) is 2.31. The fraction of sp³-hybridized carbons (Fsp3) is 0.600. The van der Waals surface area contributed by atoms with E-state index in [0.29, 0.717) is 5.92 Å². The summed E-state index contributed by atoms with van der Waals surface area (Å²) in [5.41, 5.74) is 4.50. The summed E-state index contributed by atoms with van der Waals surface area (Å²) in [6, 6.07) is 6.92. The van der Waals surface area contributed by atoms with E-state index in [4.69, 9.17) is 0 Å². The van der Waals surface area contributed by atoms with Crippen LogP contribution >= 0.6 is 0 Å². The Morgan fingerprint density at radius 1 is 0.933 bits per heavy atom. The van der Waals surface area contributed by atoms with Gasteiger partial charge >= 0.3 is 0 Å². The van der Waals surface area contributed by atoms with Crippen molar-refractivity contribution in [1.29, 1.82) is 0 Å². The molecule has 0 unspecified atom stereocenters. The first-order valence-electron chi connectivity index (χ1n) is 6.30. The van der Waals surface area contributed by atoms with E-state index in [9.17, 15) is 0 Å². The SMILES string of the molecule is CC.CCc1ccc(C(C)C)cc1CC. The molecule has 0 aliphatic heterocycles. The standard InChI is InChI=1S/C13H20.C2H6/c1-5-11-7-8-13(10(3)4)9-12(11)6-2;1-2/h7-10H,5-6H2,1-4H3;1-2H3. The molecule has 0 fully saturated rings. The van der Waals surface area contributed by atoms with Gasteiger partial charge in [0.05, 0.1) is 0 Å². The normalized spacial score (nSPS) is 9.80. The Balaban J connectivity index is 0.000000921. The number of aryl methyl sites for hydroxylation is 2. The van der Waals surface area contributed by atoms with Crippen LogP contribution < -0.4 is 0 Å². The second kappa shape index (κ2) is 7.50. The molecule has 0 radical (unpaired) electrons. The van der Waals surface area contributed by atoms with Gasteiger partial charge in [-0.2, -0.15) is 0 Å². The molecule has 0 aromatic heterocycles. The minimum atomic E-state index is 0.649. The van der Waals surface area contributed by atoms with Crippen LogP contribution in [0.1, 0.15) is 64.2 Å². The lowest BCUT2D eigenvalue weighted by Crippen LogP contribution is -1.95. The highest BCUT2D eigenvalue weighted by molar-refractivity contribution is 5.33. The van der Waals surface area contributed by atoms with Gasteiger partial charge in [-0.3, -0.25) is 0 Å². The maximum atomic E-state index is 2.36. The third-order valence-electron chi connectivity index (χ3n) is 2.66. The van der Waals surface area contributed by atoms with Crippen molar-refractivity contribution in [2.45, 2.75) is 60.3 Å². The lowest BCUT2D eigenvalue weighted by molar-refractivity contribution is 0.858. The molecule has 1 aromatic rings. The smallest absolute Gasteiger partial charge is 0.0219 e. The molecule has 0 saturated carbocycles. The summed E-state index contributed by atoms with van der Waals surface area (Å²) < 4.78 is 0. The van der Waals surface area contributed by atoms with Crippen LogP contribution in [0.5, 0.6) is 0 Å². The van der Waals surface area contributed by atoms with Crippen LogP contribution in [0.15, 0.2) is 18.2 Å². The maximum absolute atomic E-state index is 2.36. The second-order valence-electron chi connectivity index (χ2n) is 3.89. The van der Waals surface area contributed by atoms with E-state index in [1.165, 1.54) is 16.7 Å². The lowest BCUT2D eigenvalue weighted by atomic mass is 9.95. The molecule has 0 aliphatic carbocycles. The van der Waals surface area contributed by atoms with Crippen LogP contribution in [0.3, 0.4) is 0 Å². The maximum Gasteiger partial charge on any atom is -0.0219 e. The monoisotopic (exact) mass is 206 g/mol. The van der Waals surface area contributed by atoms with Gasteiger partial charge in [0.1, 0.15) is 0 Å². The summed E-state index contributed by atoms with van der Waals surface area (Å²) in [7, 11) is 0. The van der Waals surface area contributed by atoms with E-state index < -0.39 is 0 Å². The third-order valence-corrected chi connectivity index (χ3v) is 2.66. The zero-order chi connectivity index (χ0) is 11.8. The predicted octanol–water partition coefficient (Wildman–Crippen LogP) is 4.96. The van der Waals surface area contributed by atoms with E-state index in [-0.39, 0.29) is 0 Å². The van der Waals surface area contributed by atoms with Gasteiger partial charge in [-0.25, -0.2) is 0 Å². The molecule has 1 aromatic carbocycles. The van der Waals surface area contributed by atoms with Crippen molar-refractivity contribution in [3.63, 3.8) is 0 Å². The van der Waals surface area contributed by atoms with Crippen molar-refractivity contribution in [2.24, 2.45) is 0 Å². The fourth-order valence-corrected chi connectivity index (χ4v) is 1.68. The van der Waals surface area contributed by atoms with Crippen molar-refractivity contribution in [3.8, 4) is 0 Å². The Labute approximate surface area is 95.7 Å². The van der Waals surface area contributed by atoms with E-state index in [1.807, 2.05) is 13.8 Å². The first-order chi connectivity index (χ1) is 7.19. The molecule has 0 spiro atoms. The lowest BCUT2D eigenvalue weighted by Gasteiger charge is -2.11. The zero-order valence-corrected chi connectivity index (χ0v) is 11.2. The minimum absolute atomic E-state index is 0.649. The first kappa shape index (κ1) is 14.2. The molecule has 0 nitrogen and oxygen atoms in total. The molecule has 0 bridgehead atoms. The van der Waals surface area contributed by atoms with Crippen LogP contribution in [0.2, 0.25) is 0 Å². The highest BCUT2D eigenvalue weighted by Crippen LogP contribution is 2.19. The van der Waals surface area contributed by atoms with Crippen LogP contribution in [0, 0.1) is 0 Å². The van der Waals surface area contributed by atoms with E-state index in [1.54, 1.807) is 0 Å². The Kier molecular flexibility index (Phi) is 7.11. The van der Waals surface area contributed by atoms with Gasteiger partial charge in [0.2, 0.25) is 0 Å². The van der Waals surface area contributed by atoms with Crippen LogP contribution in [0.4, 0.5) is 0 Å². The molecule has 0 heterocycles. The molecule has 0 heteroatoms. The second-order valence-corrected chi connectivity index (χ2v) is 3.89. The molecule has 0 saturated heterocycles. The van der Waals surface area contributed by atoms with Gasteiger partial charge in [-0.05, 0) is 35.4 Å². The summed E-state index contributed by atoms with van der Waals surface area (Å²) in [6.45, 7) is 13.0. The number of hydrogen-bond acceptors (Lipinski definition) is 0. The molecule has 0 N–H and O–H groups in total. The molecule has 1 rings (SSSR count). The number of hydrogen-bond donors (Lipinski definition) is 0. The number of benzene rings is 1. The van der Waals surface area contributed by atoms with E-state index in [0.717, 1.165) is 12.8 Å². The highest BCUT2D eigenvalue weighted by Gasteiger charge is 2.03. The molecule has 15 heavy (non-hydrogen) atoms. The van der Waals surface area contributed by atoms with Gasteiger partial charge in [-0.15, -0.1) is 0 Å². The zero-order valence-electron chi connectivity index (χ0n) is 11.2. The quantitative estimate of drug-likeness (QED) is 0.655. The first-order valence-corrected chi connectivity index (χ1v) is 6.30. The topological polar surface area (TPSA) is 0 Å². The number of rotatable bonds is 3. The molecular formula is C15H26. The van der Waals surface area contributed by atoms with Crippen molar-refractivity contribution in [2.75, 3.05) is 0 Å². The van der Waals surface area contributed by atoms with Gasteiger partial charge < -0.3 is 0 Å². The molecular weight excluding hydrogens is 180 g/mol. The summed E-state index contributed by atoms with van der Waals surface area (Å²) in [4.78, 5) is 0. The fourth-order valence-electron chi connectivity index (χ4n) is 1.68. The van der Waals surface area contributed by atoms with Crippen LogP contribution in [0.25, 0.3) is 0 Å². The summed E-state index contributed by atoms with van der Waals surface area (Å²) in [5, 5.41) is 0. The largest absolute Gasteiger partial charge is 0.0683 e. The average molecular weight is 206 g/mol. The molecule has 0 atom stereocenters. The van der Waals surface area contributed by atoms with Crippen molar-refractivity contribution in [1.82, 2.24) is 0 Å². The van der Waals surface area contributed by atoms with Crippen molar-refractivity contribution >= 4 is 0 Å². The Morgan fingerprint density at radius 2 is 1.47 bits per heavy atom. The van der Waals surface area contributed by atoms with Gasteiger partial charge in [0.25, 0.3) is 0 Å². The summed E-state index contributed by atoms with van der Waals surface area (Å²) >= 11 is 0. The van der Waals surface area contributed by atoms with Gasteiger partial charge in [-0.1, -0.05) is 59.7 Å². The van der Waals surface area contributed by atoms with Crippen molar-refractivity contribution in [3.05, 3.63) is 34.9 Å². The third kappa shape index (κ3) is 4.07. The van der Waals surface area contributed by atoms with E-state index >= 15 is 0 Å². The van der Waals surface area contributed by atoms with Crippen molar-refractivity contribution < 1.29 is 0 Å². The minimum Gasteiger partial charge on any atom is -0.0683 e. The van der Waals surface area contributed by atoms with Gasteiger partial charge in [0, 0.05) is 0 Å². The molecule has 86 valence electrons. The molecule has 0 aliphatic rings. The average Bonchev–Trinajstić information content (AvgIpc) is 2.30.